The summed E-state index contributed by atoms with van der Waals surface area (Å²) in [6, 6.07) is 19.3. The molecule has 2 aromatic carbocycles. The second-order valence-electron chi connectivity index (χ2n) is 7.00. The van der Waals surface area contributed by atoms with Crippen molar-refractivity contribution in [3.05, 3.63) is 82.4 Å². The molecule has 0 aliphatic carbocycles. The van der Waals surface area contributed by atoms with Gasteiger partial charge in [0.05, 0.1) is 12.2 Å². The summed E-state index contributed by atoms with van der Waals surface area (Å²) in [5, 5.41) is 8.27. The highest BCUT2D eigenvalue weighted by Gasteiger charge is 2.18. The van der Waals surface area contributed by atoms with Crippen LogP contribution >= 0.6 is 11.3 Å². The molecule has 1 N–H and O–H groups in total. The fourth-order valence-corrected chi connectivity index (χ4v) is 4.23. The molecule has 0 atom stereocenters. The van der Waals surface area contributed by atoms with Crippen LogP contribution < -0.4 is 5.32 Å². The molecule has 0 spiro atoms. The number of amides is 1. The number of carbonyl (C=O) groups is 2. The number of anilines is 1. The van der Waals surface area contributed by atoms with Gasteiger partial charge in [0, 0.05) is 11.1 Å². The molecule has 4 rings (SSSR count). The lowest BCUT2D eigenvalue weighted by molar-refractivity contribution is -0.119. The van der Waals surface area contributed by atoms with Gasteiger partial charge in [-0.05, 0) is 37.1 Å². The number of hydrogen-bond donors (Lipinski definition) is 1. The normalized spacial score (nSPS) is 10.9. The van der Waals surface area contributed by atoms with E-state index in [1.54, 1.807) is 6.07 Å². The molecule has 0 aliphatic heterocycles. The molecule has 4 aromatic rings. The van der Waals surface area contributed by atoms with Gasteiger partial charge in [0.1, 0.15) is 9.71 Å². The number of benzene rings is 2. The lowest BCUT2D eigenvalue weighted by Crippen LogP contribution is -2.21. The minimum absolute atomic E-state index is 0.337. The number of aryl methyl sites for hydroxylation is 2. The highest BCUT2D eigenvalue weighted by molar-refractivity contribution is 7.20. The molecule has 1 amide bonds. The van der Waals surface area contributed by atoms with Crippen LogP contribution in [0.2, 0.25) is 0 Å². The van der Waals surface area contributed by atoms with Gasteiger partial charge in [-0.1, -0.05) is 48.5 Å². The van der Waals surface area contributed by atoms with Crippen molar-refractivity contribution < 1.29 is 14.3 Å². The van der Waals surface area contributed by atoms with Crippen molar-refractivity contribution in [1.29, 1.82) is 0 Å². The minimum Gasteiger partial charge on any atom is -0.451 e. The Bertz CT molecular complexity index is 1210. The summed E-state index contributed by atoms with van der Waals surface area (Å²) in [5.74, 6) is -0.882. The van der Waals surface area contributed by atoms with Gasteiger partial charge in [0.25, 0.3) is 5.91 Å². The van der Waals surface area contributed by atoms with E-state index in [1.165, 1.54) is 11.3 Å². The highest BCUT2D eigenvalue weighted by atomic mass is 32.1. The zero-order valence-corrected chi connectivity index (χ0v) is 17.5. The van der Waals surface area contributed by atoms with E-state index in [0.717, 1.165) is 27.0 Å². The van der Waals surface area contributed by atoms with Crippen molar-refractivity contribution in [3.8, 4) is 0 Å². The van der Waals surface area contributed by atoms with Crippen LogP contribution in [0.15, 0.2) is 60.7 Å². The Labute approximate surface area is 178 Å². The number of hydrogen-bond acceptors (Lipinski definition) is 5. The van der Waals surface area contributed by atoms with Crippen molar-refractivity contribution in [2.75, 3.05) is 11.9 Å². The maximum atomic E-state index is 12.5. The number of thiophene rings is 1. The molecule has 0 radical (unpaired) electrons. The zero-order valence-electron chi connectivity index (χ0n) is 16.7. The SMILES string of the molecule is Cc1ccccc1NC(=O)COC(=O)c1cc2c(C)nn(Cc3ccccc3)c2s1. The minimum atomic E-state index is -0.512. The van der Waals surface area contributed by atoms with Crippen molar-refractivity contribution >= 4 is 39.1 Å². The second kappa shape index (κ2) is 8.51. The molecule has 0 unspecified atom stereocenters. The summed E-state index contributed by atoms with van der Waals surface area (Å²) < 4.78 is 7.12. The quantitative estimate of drug-likeness (QED) is 0.465. The van der Waals surface area contributed by atoms with Crippen LogP contribution in [0.4, 0.5) is 5.69 Å². The van der Waals surface area contributed by atoms with Gasteiger partial charge in [-0.15, -0.1) is 11.3 Å². The van der Waals surface area contributed by atoms with E-state index in [0.29, 0.717) is 17.1 Å². The Morgan fingerprint density at radius 3 is 2.57 bits per heavy atom. The smallest absolute Gasteiger partial charge is 0.348 e. The second-order valence-corrected chi connectivity index (χ2v) is 8.03. The fourth-order valence-electron chi connectivity index (χ4n) is 3.18. The van der Waals surface area contributed by atoms with Gasteiger partial charge in [0.2, 0.25) is 0 Å². The lowest BCUT2D eigenvalue weighted by Gasteiger charge is -2.08. The van der Waals surface area contributed by atoms with Gasteiger partial charge in [-0.2, -0.15) is 5.10 Å². The number of ether oxygens (including phenoxy) is 1. The highest BCUT2D eigenvalue weighted by Crippen LogP contribution is 2.29. The topological polar surface area (TPSA) is 73.2 Å². The third-order valence-corrected chi connectivity index (χ3v) is 5.87. The summed E-state index contributed by atoms with van der Waals surface area (Å²) in [4.78, 5) is 26.0. The van der Waals surface area contributed by atoms with E-state index in [4.69, 9.17) is 4.74 Å². The molecule has 0 aliphatic rings. The van der Waals surface area contributed by atoms with Crippen molar-refractivity contribution in [2.45, 2.75) is 20.4 Å². The molecule has 7 heteroatoms. The van der Waals surface area contributed by atoms with Gasteiger partial charge >= 0.3 is 5.97 Å². The Morgan fingerprint density at radius 1 is 1.07 bits per heavy atom. The number of nitrogens with one attached hydrogen (secondary N) is 1. The molecule has 2 aromatic heterocycles. The van der Waals surface area contributed by atoms with E-state index in [2.05, 4.69) is 10.4 Å². The number of nitrogens with zero attached hydrogens (tertiary/aromatic N) is 2. The molecule has 152 valence electrons. The predicted octanol–water partition coefficient (Wildman–Crippen LogP) is 4.56. The Morgan fingerprint density at radius 2 is 1.80 bits per heavy atom. The molecule has 0 saturated carbocycles. The molecular weight excluding hydrogens is 398 g/mol. The summed E-state index contributed by atoms with van der Waals surface area (Å²) in [7, 11) is 0. The summed E-state index contributed by atoms with van der Waals surface area (Å²) in [5.41, 5.74) is 3.64. The summed E-state index contributed by atoms with van der Waals surface area (Å²) in [6.07, 6.45) is 0. The van der Waals surface area contributed by atoms with Gasteiger partial charge in [-0.3, -0.25) is 9.48 Å². The Hall–Kier alpha value is -3.45. The number of carbonyl (C=O) groups excluding carboxylic acids is 2. The van der Waals surface area contributed by atoms with Crippen LogP contribution in [-0.2, 0) is 16.1 Å². The summed E-state index contributed by atoms with van der Waals surface area (Å²) >= 11 is 1.32. The molecule has 0 saturated heterocycles. The first-order valence-electron chi connectivity index (χ1n) is 9.55. The third-order valence-electron chi connectivity index (χ3n) is 4.74. The lowest BCUT2D eigenvalue weighted by atomic mass is 10.2. The zero-order chi connectivity index (χ0) is 21.1. The molecule has 0 bridgehead atoms. The van der Waals surface area contributed by atoms with Crippen LogP contribution in [0.5, 0.6) is 0 Å². The number of para-hydroxylation sites is 1. The molecule has 0 fully saturated rings. The summed E-state index contributed by atoms with van der Waals surface area (Å²) in [6.45, 7) is 4.11. The van der Waals surface area contributed by atoms with E-state index in [1.807, 2.05) is 73.1 Å². The van der Waals surface area contributed by atoms with Crippen molar-refractivity contribution in [1.82, 2.24) is 9.78 Å². The van der Waals surface area contributed by atoms with Crippen LogP contribution in [0, 0.1) is 13.8 Å². The average molecular weight is 420 g/mol. The van der Waals surface area contributed by atoms with Crippen LogP contribution in [-0.4, -0.2) is 28.3 Å². The Balaban J connectivity index is 1.44. The first-order valence-corrected chi connectivity index (χ1v) is 10.4. The van der Waals surface area contributed by atoms with E-state index < -0.39 is 5.97 Å². The standard InChI is InChI=1S/C23H21N3O3S/c1-15-8-6-7-11-19(15)24-21(27)14-29-23(28)20-12-18-16(2)25-26(22(18)30-20)13-17-9-4-3-5-10-17/h3-12H,13-14H2,1-2H3,(H,24,27). The monoisotopic (exact) mass is 419 g/mol. The average Bonchev–Trinajstić information content (AvgIpc) is 3.30. The molecule has 30 heavy (non-hydrogen) atoms. The number of esters is 1. The fraction of sp³-hybridized carbons (Fsp3) is 0.174. The van der Waals surface area contributed by atoms with Crippen LogP contribution in [0.3, 0.4) is 0 Å². The molecule has 6 nitrogen and oxygen atoms in total. The third kappa shape index (κ3) is 4.26. The number of fused-ring (bicyclic) bond motifs is 1. The van der Waals surface area contributed by atoms with E-state index >= 15 is 0 Å². The van der Waals surface area contributed by atoms with E-state index in [9.17, 15) is 9.59 Å². The number of rotatable bonds is 6. The molecular formula is C23H21N3O3S. The predicted molar refractivity (Wildman–Crippen MR) is 118 cm³/mol. The van der Waals surface area contributed by atoms with Crippen LogP contribution in [0.1, 0.15) is 26.5 Å². The largest absolute Gasteiger partial charge is 0.451 e. The first kappa shape index (κ1) is 19.8. The van der Waals surface area contributed by atoms with Crippen LogP contribution in [0.25, 0.3) is 10.2 Å². The Kier molecular flexibility index (Phi) is 5.63. The van der Waals surface area contributed by atoms with Crippen molar-refractivity contribution in [3.63, 3.8) is 0 Å². The van der Waals surface area contributed by atoms with Crippen molar-refractivity contribution in [2.24, 2.45) is 0 Å². The van der Waals surface area contributed by atoms with Gasteiger partial charge in [0.15, 0.2) is 6.61 Å². The van der Waals surface area contributed by atoms with E-state index in [-0.39, 0.29) is 12.5 Å². The van der Waals surface area contributed by atoms with Gasteiger partial charge in [-0.25, -0.2) is 4.79 Å². The van der Waals surface area contributed by atoms with Gasteiger partial charge < -0.3 is 10.1 Å². The molecule has 2 heterocycles. The first-order chi connectivity index (χ1) is 14.5. The maximum Gasteiger partial charge on any atom is 0.348 e. The number of aromatic nitrogens is 2. The maximum absolute atomic E-state index is 12.5.